The molecule has 0 aliphatic heterocycles. The molecule has 0 unspecified atom stereocenters. The van der Waals surface area contributed by atoms with Crippen molar-refractivity contribution in [3.8, 4) is 11.4 Å². The van der Waals surface area contributed by atoms with Crippen molar-refractivity contribution in [3.05, 3.63) is 65.7 Å². The smallest absolute Gasteiger partial charge is 0.160 e. The molecule has 2 aromatic heterocycles. The average molecular weight is 308 g/mol. The predicted molar refractivity (Wildman–Crippen MR) is 89.1 cm³/mol. The SMILES string of the molecule is COCCc1nc(-c2cccnc2)n(Cc2ccccc2C)n1. The highest BCUT2D eigenvalue weighted by molar-refractivity contribution is 5.53. The Balaban J connectivity index is 1.97. The van der Waals surface area contributed by atoms with E-state index in [0.29, 0.717) is 19.6 Å². The second-order valence-corrected chi connectivity index (χ2v) is 5.42. The van der Waals surface area contributed by atoms with Gasteiger partial charge in [-0.1, -0.05) is 24.3 Å². The first-order chi connectivity index (χ1) is 11.3. The summed E-state index contributed by atoms with van der Waals surface area (Å²) in [5, 5.41) is 4.66. The number of pyridine rings is 1. The van der Waals surface area contributed by atoms with Crippen molar-refractivity contribution in [2.75, 3.05) is 13.7 Å². The molecule has 0 spiro atoms. The Bertz CT molecular complexity index is 768. The lowest BCUT2D eigenvalue weighted by atomic mass is 10.1. The van der Waals surface area contributed by atoms with Crippen LogP contribution in [0, 0.1) is 6.92 Å². The number of rotatable bonds is 6. The molecule has 2 heterocycles. The van der Waals surface area contributed by atoms with Crippen LogP contribution in [0.15, 0.2) is 48.8 Å². The van der Waals surface area contributed by atoms with E-state index in [1.165, 1.54) is 11.1 Å². The number of aryl methyl sites for hydroxylation is 1. The van der Waals surface area contributed by atoms with Gasteiger partial charge in [-0.3, -0.25) is 4.98 Å². The lowest BCUT2D eigenvalue weighted by Gasteiger charge is -2.08. The fraction of sp³-hybridized carbons (Fsp3) is 0.278. The summed E-state index contributed by atoms with van der Waals surface area (Å²) < 4.78 is 7.09. The molecule has 0 atom stereocenters. The van der Waals surface area contributed by atoms with Gasteiger partial charge in [-0.25, -0.2) is 9.67 Å². The van der Waals surface area contributed by atoms with Crippen LogP contribution in [-0.2, 0) is 17.7 Å². The van der Waals surface area contributed by atoms with Crippen LogP contribution in [0.4, 0.5) is 0 Å². The van der Waals surface area contributed by atoms with E-state index in [0.717, 1.165) is 17.2 Å². The summed E-state index contributed by atoms with van der Waals surface area (Å²) in [5.74, 6) is 1.63. The third kappa shape index (κ3) is 3.63. The molecule has 0 aliphatic rings. The van der Waals surface area contributed by atoms with Crippen molar-refractivity contribution in [3.63, 3.8) is 0 Å². The van der Waals surface area contributed by atoms with Crippen molar-refractivity contribution < 1.29 is 4.74 Å². The van der Waals surface area contributed by atoms with Crippen molar-refractivity contribution >= 4 is 0 Å². The van der Waals surface area contributed by atoms with Gasteiger partial charge in [0.15, 0.2) is 11.6 Å². The zero-order chi connectivity index (χ0) is 16.1. The van der Waals surface area contributed by atoms with Crippen LogP contribution in [0.3, 0.4) is 0 Å². The number of benzene rings is 1. The van der Waals surface area contributed by atoms with E-state index in [1.54, 1.807) is 13.3 Å². The topological polar surface area (TPSA) is 52.8 Å². The maximum atomic E-state index is 5.14. The maximum absolute atomic E-state index is 5.14. The molecule has 118 valence electrons. The lowest BCUT2D eigenvalue weighted by Crippen LogP contribution is -2.06. The molecule has 1 aromatic carbocycles. The number of nitrogens with zero attached hydrogens (tertiary/aromatic N) is 4. The van der Waals surface area contributed by atoms with E-state index in [-0.39, 0.29) is 0 Å². The fourth-order valence-corrected chi connectivity index (χ4v) is 2.46. The molecule has 0 saturated heterocycles. The highest BCUT2D eigenvalue weighted by atomic mass is 16.5. The standard InChI is InChI=1S/C18H20N4O/c1-14-6-3-4-7-16(14)13-22-18(15-8-5-10-19-12-15)20-17(21-22)9-11-23-2/h3-8,10,12H,9,11,13H2,1-2H3. The van der Waals surface area contributed by atoms with Crippen molar-refractivity contribution in [2.45, 2.75) is 19.9 Å². The maximum Gasteiger partial charge on any atom is 0.160 e. The Hall–Kier alpha value is -2.53. The van der Waals surface area contributed by atoms with Crippen LogP contribution < -0.4 is 0 Å². The van der Waals surface area contributed by atoms with Gasteiger partial charge in [-0.15, -0.1) is 0 Å². The van der Waals surface area contributed by atoms with E-state index < -0.39 is 0 Å². The van der Waals surface area contributed by atoms with Gasteiger partial charge in [-0.2, -0.15) is 5.10 Å². The minimum Gasteiger partial charge on any atom is -0.384 e. The molecule has 0 aliphatic carbocycles. The van der Waals surface area contributed by atoms with Crippen LogP contribution in [0.5, 0.6) is 0 Å². The highest BCUT2D eigenvalue weighted by Gasteiger charge is 2.13. The van der Waals surface area contributed by atoms with Crippen LogP contribution in [0.1, 0.15) is 17.0 Å². The summed E-state index contributed by atoms with van der Waals surface area (Å²) in [6.45, 7) is 3.42. The van der Waals surface area contributed by atoms with Gasteiger partial charge in [0.2, 0.25) is 0 Å². The van der Waals surface area contributed by atoms with E-state index in [2.05, 4.69) is 40.2 Å². The Morgan fingerprint density at radius 2 is 2.00 bits per heavy atom. The van der Waals surface area contributed by atoms with E-state index in [4.69, 9.17) is 4.74 Å². The largest absolute Gasteiger partial charge is 0.384 e. The molecule has 0 amide bonds. The highest BCUT2D eigenvalue weighted by Crippen LogP contribution is 2.18. The molecule has 0 radical (unpaired) electrons. The normalized spacial score (nSPS) is 10.9. The molecule has 3 rings (SSSR count). The van der Waals surface area contributed by atoms with E-state index in [1.807, 2.05) is 29.1 Å². The minimum atomic E-state index is 0.612. The molecular formula is C18H20N4O. The molecule has 0 bridgehead atoms. The summed E-state index contributed by atoms with van der Waals surface area (Å²) in [6, 6.07) is 12.3. The predicted octanol–water partition coefficient (Wildman–Crippen LogP) is 2.89. The minimum absolute atomic E-state index is 0.612. The Kier molecular flexibility index (Phi) is 4.78. The zero-order valence-electron chi connectivity index (χ0n) is 13.4. The van der Waals surface area contributed by atoms with E-state index >= 15 is 0 Å². The zero-order valence-corrected chi connectivity index (χ0v) is 13.4. The van der Waals surface area contributed by atoms with Gasteiger partial charge in [0.25, 0.3) is 0 Å². The monoisotopic (exact) mass is 308 g/mol. The Labute approximate surface area is 136 Å². The summed E-state index contributed by atoms with van der Waals surface area (Å²) in [6.07, 6.45) is 4.28. The Morgan fingerprint density at radius 3 is 2.74 bits per heavy atom. The molecule has 5 nitrogen and oxygen atoms in total. The third-order valence-electron chi connectivity index (χ3n) is 3.75. The van der Waals surface area contributed by atoms with Crippen molar-refractivity contribution in [1.29, 1.82) is 0 Å². The lowest BCUT2D eigenvalue weighted by molar-refractivity contribution is 0.200. The number of hydrogen-bond donors (Lipinski definition) is 0. The molecular weight excluding hydrogens is 288 g/mol. The van der Waals surface area contributed by atoms with Gasteiger partial charge in [0.1, 0.15) is 0 Å². The summed E-state index contributed by atoms with van der Waals surface area (Å²) in [7, 11) is 1.69. The van der Waals surface area contributed by atoms with Gasteiger partial charge in [0, 0.05) is 31.5 Å². The van der Waals surface area contributed by atoms with Crippen LogP contribution >= 0.6 is 0 Å². The van der Waals surface area contributed by atoms with Gasteiger partial charge >= 0.3 is 0 Å². The van der Waals surface area contributed by atoms with Crippen molar-refractivity contribution in [1.82, 2.24) is 19.7 Å². The summed E-state index contributed by atoms with van der Waals surface area (Å²) in [4.78, 5) is 8.87. The quantitative estimate of drug-likeness (QED) is 0.702. The average Bonchev–Trinajstić information content (AvgIpc) is 2.99. The summed E-state index contributed by atoms with van der Waals surface area (Å²) >= 11 is 0. The second kappa shape index (κ2) is 7.15. The number of hydrogen-bond acceptors (Lipinski definition) is 4. The molecule has 0 fully saturated rings. The first-order valence-electron chi connectivity index (χ1n) is 7.65. The molecule has 0 N–H and O–H groups in total. The third-order valence-corrected chi connectivity index (χ3v) is 3.75. The summed E-state index contributed by atoms with van der Waals surface area (Å²) in [5.41, 5.74) is 3.46. The van der Waals surface area contributed by atoms with Crippen LogP contribution in [-0.4, -0.2) is 33.5 Å². The van der Waals surface area contributed by atoms with Gasteiger partial charge < -0.3 is 4.74 Å². The molecule has 0 saturated carbocycles. The van der Waals surface area contributed by atoms with Gasteiger partial charge in [-0.05, 0) is 30.2 Å². The van der Waals surface area contributed by atoms with Crippen LogP contribution in [0.25, 0.3) is 11.4 Å². The second-order valence-electron chi connectivity index (χ2n) is 5.42. The van der Waals surface area contributed by atoms with Gasteiger partial charge in [0.05, 0.1) is 13.2 Å². The molecule has 3 aromatic rings. The number of ether oxygens (including phenoxy) is 1. The van der Waals surface area contributed by atoms with E-state index in [9.17, 15) is 0 Å². The van der Waals surface area contributed by atoms with Crippen molar-refractivity contribution in [2.24, 2.45) is 0 Å². The molecule has 23 heavy (non-hydrogen) atoms. The van der Waals surface area contributed by atoms with Crippen LogP contribution in [0.2, 0.25) is 0 Å². The Morgan fingerprint density at radius 1 is 1.13 bits per heavy atom. The number of aromatic nitrogens is 4. The fourth-order valence-electron chi connectivity index (χ4n) is 2.46. The molecule has 5 heteroatoms. The first-order valence-corrected chi connectivity index (χ1v) is 7.65. The number of methoxy groups -OCH3 is 1. The first kappa shape index (κ1) is 15.4.